The molecule has 0 aliphatic carbocycles. The topological polar surface area (TPSA) is 58.6 Å². The number of likely N-dealkylation sites (tertiary alicyclic amines) is 1. The summed E-state index contributed by atoms with van der Waals surface area (Å²) in [5, 5.41) is 2.10. The number of hydrogen-bond acceptors (Lipinski definition) is 3. The number of carbonyl (C=O) groups excluding carboxylic acids is 2. The predicted molar refractivity (Wildman–Crippen MR) is 64.9 cm³/mol. The van der Waals surface area contributed by atoms with Crippen LogP contribution in [0.4, 0.5) is 13.6 Å². The van der Waals surface area contributed by atoms with Crippen LogP contribution >= 0.6 is 0 Å². The van der Waals surface area contributed by atoms with Gasteiger partial charge < -0.3 is 15.0 Å². The molecule has 1 atom stereocenters. The molecule has 19 heavy (non-hydrogen) atoms. The van der Waals surface area contributed by atoms with Gasteiger partial charge in [0.05, 0.1) is 6.54 Å². The van der Waals surface area contributed by atoms with Crippen LogP contribution in [0.2, 0.25) is 0 Å². The van der Waals surface area contributed by atoms with Crippen molar-refractivity contribution in [3.05, 3.63) is 12.7 Å². The van der Waals surface area contributed by atoms with E-state index in [0.29, 0.717) is 0 Å². The van der Waals surface area contributed by atoms with E-state index in [1.807, 2.05) is 0 Å². The molecule has 1 N–H and O–H groups in total. The van der Waals surface area contributed by atoms with Crippen LogP contribution in [0.15, 0.2) is 12.7 Å². The smallest absolute Gasteiger partial charge is 0.408 e. The van der Waals surface area contributed by atoms with E-state index in [1.165, 1.54) is 0 Å². The van der Waals surface area contributed by atoms with Gasteiger partial charge in [0.15, 0.2) is 0 Å². The molecule has 0 spiro atoms. The maximum atomic E-state index is 13.7. The fourth-order valence-electron chi connectivity index (χ4n) is 1.68. The third kappa shape index (κ3) is 4.18. The molecule has 0 aromatic heterocycles. The first-order chi connectivity index (χ1) is 8.55. The first-order valence-electron chi connectivity index (χ1n) is 5.84. The highest BCUT2D eigenvalue weighted by molar-refractivity contribution is 5.87. The Morgan fingerprint density at radius 1 is 1.47 bits per heavy atom. The average molecular weight is 276 g/mol. The fraction of sp³-hybridized carbons (Fsp3) is 0.667. The van der Waals surface area contributed by atoms with Gasteiger partial charge in [-0.1, -0.05) is 6.58 Å². The van der Waals surface area contributed by atoms with Gasteiger partial charge in [-0.05, 0) is 26.8 Å². The molecule has 108 valence electrons. The molecule has 5 nitrogen and oxygen atoms in total. The maximum absolute atomic E-state index is 13.7. The number of carbonyl (C=O) groups is 2. The van der Waals surface area contributed by atoms with Gasteiger partial charge in [-0.3, -0.25) is 4.79 Å². The second-order valence-corrected chi connectivity index (χ2v) is 5.38. The number of alkyl carbamates (subject to hydrolysis) is 1. The molecule has 1 rings (SSSR count). The Hall–Kier alpha value is -1.66. The zero-order valence-corrected chi connectivity index (χ0v) is 11.2. The van der Waals surface area contributed by atoms with Crippen molar-refractivity contribution >= 4 is 12.0 Å². The third-order valence-corrected chi connectivity index (χ3v) is 2.49. The van der Waals surface area contributed by atoms with Gasteiger partial charge in [-0.25, -0.2) is 13.6 Å². The second kappa shape index (κ2) is 5.14. The molecule has 1 aliphatic heterocycles. The first kappa shape index (κ1) is 15.4. The van der Waals surface area contributed by atoms with E-state index in [-0.39, 0.29) is 6.54 Å². The van der Waals surface area contributed by atoms with Gasteiger partial charge in [0.25, 0.3) is 5.92 Å². The van der Waals surface area contributed by atoms with Crippen molar-refractivity contribution in [3.8, 4) is 0 Å². The highest BCUT2D eigenvalue weighted by atomic mass is 19.3. The molecular weight excluding hydrogens is 258 g/mol. The van der Waals surface area contributed by atoms with Gasteiger partial charge in [0.1, 0.15) is 11.6 Å². The third-order valence-electron chi connectivity index (χ3n) is 2.49. The van der Waals surface area contributed by atoms with E-state index in [1.54, 1.807) is 20.8 Å². The summed E-state index contributed by atoms with van der Waals surface area (Å²) in [6, 6.07) is -1.45. The summed E-state index contributed by atoms with van der Waals surface area (Å²) in [6.07, 6.45) is 0.0384. The molecule has 1 unspecified atom stereocenters. The van der Waals surface area contributed by atoms with Crippen molar-refractivity contribution in [2.45, 2.75) is 38.3 Å². The molecule has 1 aliphatic rings. The molecule has 7 heteroatoms. The fourth-order valence-corrected chi connectivity index (χ4v) is 1.68. The average Bonchev–Trinajstić information content (AvgIpc) is 2.50. The van der Waals surface area contributed by atoms with Crippen LogP contribution in [-0.4, -0.2) is 47.6 Å². The van der Waals surface area contributed by atoms with Gasteiger partial charge >= 0.3 is 6.09 Å². The second-order valence-electron chi connectivity index (χ2n) is 5.38. The molecule has 2 amide bonds. The van der Waals surface area contributed by atoms with E-state index >= 15 is 0 Å². The summed E-state index contributed by atoms with van der Waals surface area (Å²) in [4.78, 5) is 23.7. The number of nitrogens with one attached hydrogen (secondary N) is 1. The Morgan fingerprint density at radius 3 is 2.53 bits per heavy atom. The van der Waals surface area contributed by atoms with Crippen LogP contribution < -0.4 is 5.32 Å². The summed E-state index contributed by atoms with van der Waals surface area (Å²) in [5.41, 5.74) is -0.769. The molecule has 0 saturated carbocycles. The molecule has 0 aromatic carbocycles. The molecule has 0 radical (unpaired) electrons. The zero-order chi connectivity index (χ0) is 14.8. The summed E-state index contributed by atoms with van der Waals surface area (Å²) < 4.78 is 32.2. The van der Waals surface area contributed by atoms with Gasteiger partial charge in [-0.2, -0.15) is 0 Å². The Balaban J connectivity index is 2.66. The van der Waals surface area contributed by atoms with Crippen LogP contribution in [0, 0.1) is 0 Å². The highest BCUT2D eigenvalue weighted by Gasteiger charge is 2.50. The van der Waals surface area contributed by atoms with Crippen LogP contribution in [0.1, 0.15) is 20.8 Å². The van der Waals surface area contributed by atoms with Crippen molar-refractivity contribution in [2.24, 2.45) is 0 Å². The number of ether oxygens (including phenoxy) is 1. The number of amides is 2. The molecule has 0 bridgehead atoms. The number of nitrogens with zero attached hydrogens (tertiary/aromatic N) is 1. The Kier molecular flexibility index (Phi) is 4.17. The quantitative estimate of drug-likeness (QED) is 0.778. The molecule has 0 aromatic rings. The Labute approximate surface area is 110 Å². The van der Waals surface area contributed by atoms with Crippen LogP contribution in [0.3, 0.4) is 0 Å². The van der Waals surface area contributed by atoms with Gasteiger partial charge in [0.2, 0.25) is 5.91 Å². The number of hydrogen-bond donors (Lipinski definition) is 1. The lowest BCUT2D eigenvalue weighted by molar-refractivity contribution is -0.126. The standard InChI is InChI=1S/C12H18F2N2O3/c1-5-9(17)16-6-8(12(13,14)7-16)15-10(18)19-11(2,3)4/h5,8H,1,6-7H2,2-4H3,(H,15,18). The first-order valence-corrected chi connectivity index (χ1v) is 5.84. The largest absolute Gasteiger partial charge is 0.444 e. The van der Waals surface area contributed by atoms with Crippen molar-refractivity contribution in [1.29, 1.82) is 0 Å². The lowest BCUT2D eigenvalue weighted by Crippen LogP contribution is -2.48. The monoisotopic (exact) mass is 276 g/mol. The molecule has 1 fully saturated rings. The van der Waals surface area contributed by atoms with Crippen LogP contribution in [-0.2, 0) is 9.53 Å². The van der Waals surface area contributed by atoms with Crippen LogP contribution in [0.5, 0.6) is 0 Å². The molecular formula is C12H18F2N2O3. The van der Waals surface area contributed by atoms with Crippen LogP contribution in [0.25, 0.3) is 0 Å². The summed E-state index contributed by atoms with van der Waals surface area (Å²) in [7, 11) is 0. The zero-order valence-electron chi connectivity index (χ0n) is 11.2. The lowest BCUT2D eigenvalue weighted by Gasteiger charge is -2.23. The Bertz CT molecular complexity index is 391. The van der Waals surface area contributed by atoms with Crippen molar-refractivity contribution < 1.29 is 23.1 Å². The minimum atomic E-state index is -3.18. The van der Waals surface area contributed by atoms with E-state index in [9.17, 15) is 18.4 Å². The SMILES string of the molecule is C=CC(=O)N1CC(NC(=O)OC(C)(C)C)C(F)(F)C1. The summed E-state index contributed by atoms with van der Waals surface area (Å²) in [6.45, 7) is 7.13. The predicted octanol–water partition coefficient (Wildman–Crippen LogP) is 1.54. The molecule has 1 heterocycles. The van der Waals surface area contributed by atoms with Crippen molar-refractivity contribution in [2.75, 3.05) is 13.1 Å². The lowest BCUT2D eigenvalue weighted by atomic mass is 10.2. The van der Waals surface area contributed by atoms with E-state index in [2.05, 4.69) is 11.9 Å². The number of rotatable bonds is 2. The molecule has 1 saturated heterocycles. The van der Waals surface area contributed by atoms with E-state index < -0.39 is 36.1 Å². The minimum absolute atomic E-state index is 0.267. The summed E-state index contributed by atoms with van der Waals surface area (Å²) in [5.74, 6) is -3.77. The van der Waals surface area contributed by atoms with E-state index in [4.69, 9.17) is 4.74 Å². The van der Waals surface area contributed by atoms with E-state index in [0.717, 1.165) is 11.0 Å². The van der Waals surface area contributed by atoms with Gasteiger partial charge in [-0.15, -0.1) is 0 Å². The number of halogens is 2. The van der Waals surface area contributed by atoms with Crippen molar-refractivity contribution in [1.82, 2.24) is 10.2 Å². The summed E-state index contributed by atoms with van der Waals surface area (Å²) >= 11 is 0. The maximum Gasteiger partial charge on any atom is 0.408 e. The van der Waals surface area contributed by atoms with Crippen molar-refractivity contribution in [3.63, 3.8) is 0 Å². The highest BCUT2D eigenvalue weighted by Crippen LogP contribution is 2.28. The normalized spacial score (nSPS) is 21.9. The number of alkyl halides is 2. The van der Waals surface area contributed by atoms with Gasteiger partial charge in [0, 0.05) is 6.54 Å². The Morgan fingerprint density at radius 2 is 2.05 bits per heavy atom. The minimum Gasteiger partial charge on any atom is -0.444 e.